The Morgan fingerprint density at radius 1 is 1.50 bits per heavy atom. The third-order valence-electron chi connectivity index (χ3n) is 1.81. The lowest BCUT2D eigenvalue weighted by Crippen LogP contribution is -2.26. The molecule has 18 heavy (non-hydrogen) atoms. The van der Waals surface area contributed by atoms with Gasteiger partial charge in [-0.3, -0.25) is 4.79 Å². The second-order valence-corrected chi connectivity index (χ2v) is 3.30. The van der Waals surface area contributed by atoms with Crippen molar-refractivity contribution >= 4 is 17.6 Å². The molecule has 1 rings (SSSR count). The van der Waals surface area contributed by atoms with E-state index in [1.807, 2.05) is 0 Å². The number of esters is 1. The van der Waals surface area contributed by atoms with Gasteiger partial charge >= 0.3 is 12.3 Å². The fourth-order valence-electron chi connectivity index (χ4n) is 1.16. The average Bonchev–Trinajstić information content (AvgIpc) is 2.25. The Balaban J connectivity index is 3.39. The third kappa shape index (κ3) is 3.39. The van der Waals surface area contributed by atoms with Crippen LogP contribution < -0.4 is 10.3 Å². The predicted octanol–water partition coefficient (Wildman–Crippen LogP) is 1.80. The topological polar surface area (TPSA) is 68.4 Å². The summed E-state index contributed by atoms with van der Waals surface area (Å²) in [6, 6.07) is 0.814. The van der Waals surface area contributed by atoms with Crippen LogP contribution in [0.5, 0.6) is 5.75 Å². The summed E-state index contributed by atoms with van der Waals surface area (Å²) >= 11 is 5.38. The number of hydrogen-bond acceptors (Lipinski definition) is 4. The zero-order valence-corrected chi connectivity index (χ0v) is 9.69. The summed E-state index contributed by atoms with van der Waals surface area (Å²) in [7, 11) is 0.925. The van der Waals surface area contributed by atoms with Gasteiger partial charge in [-0.05, 0) is 0 Å². The van der Waals surface area contributed by atoms with E-state index in [1.165, 1.54) is 0 Å². The SMILES string of the molecule is COC(=O)c1c(OC(F)(F)F)cc(CCl)[nH]c1=O. The van der Waals surface area contributed by atoms with Gasteiger partial charge in [0.25, 0.3) is 5.56 Å². The number of hydrogen-bond donors (Lipinski definition) is 1. The number of halogens is 4. The van der Waals surface area contributed by atoms with E-state index in [0.29, 0.717) is 0 Å². The minimum absolute atomic E-state index is 0.0198. The summed E-state index contributed by atoms with van der Waals surface area (Å²) in [6.45, 7) is 0. The lowest BCUT2D eigenvalue weighted by Gasteiger charge is -2.12. The molecule has 0 atom stereocenters. The minimum atomic E-state index is -5.04. The number of aromatic amines is 1. The van der Waals surface area contributed by atoms with Crippen LogP contribution in [-0.2, 0) is 10.6 Å². The van der Waals surface area contributed by atoms with Gasteiger partial charge in [0, 0.05) is 11.8 Å². The molecule has 0 amide bonds. The number of ether oxygens (including phenoxy) is 2. The number of carbonyl (C=O) groups excluding carboxylic acids is 1. The van der Waals surface area contributed by atoms with Gasteiger partial charge in [-0.2, -0.15) is 0 Å². The highest BCUT2D eigenvalue weighted by Crippen LogP contribution is 2.25. The molecule has 5 nitrogen and oxygen atoms in total. The fraction of sp³-hybridized carbons (Fsp3) is 0.333. The van der Waals surface area contributed by atoms with Crippen molar-refractivity contribution in [3.63, 3.8) is 0 Å². The Labute approximate surface area is 103 Å². The van der Waals surface area contributed by atoms with Gasteiger partial charge in [0.2, 0.25) is 0 Å². The van der Waals surface area contributed by atoms with E-state index in [9.17, 15) is 22.8 Å². The van der Waals surface area contributed by atoms with Crippen LogP contribution in [-0.4, -0.2) is 24.4 Å². The number of aromatic nitrogens is 1. The van der Waals surface area contributed by atoms with Gasteiger partial charge in [0.1, 0.15) is 0 Å². The molecule has 1 aromatic rings. The molecule has 0 radical (unpaired) electrons. The van der Waals surface area contributed by atoms with E-state index in [0.717, 1.165) is 13.2 Å². The highest BCUT2D eigenvalue weighted by molar-refractivity contribution is 6.16. The smallest absolute Gasteiger partial charge is 0.465 e. The van der Waals surface area contributed by atoms with Crippen molar-refractivity contribution in [2.45, 2.75) is 12.2 Å². The Morgan fingerprint density at radius 3 is 2.56 bits per heavy atom. The van der Waals surface area contributed by atoms with E-state index in [2.05, 4.69) is 14.5 Å². The fourth-order valence-corrected chi connectivity index (χ4v) is 1.30. The first-order valence-corrected chi connectivity index (χ1v) is 4.98. The van der Waals surface area contributed by atoms with Gasteiger partial charge in [-0.1, -0.05) is 0 Å². The van der Waals surface area contributed by atoms with Crippen LogP contribution in [0.4, 0.5) is 13.2 Å². The molecule has 0 saturated carbocycles. The highest BCUT2D eigenvalue weighted by atomic mass is 35.5. The van der Waals surface area contributed by atoms with Crippen molar-refractivity contribution in [3.8, 4) is 5.75 Å². The minimum Gasteiger partial charge on any atom is -0.465 e. The Hall–Kier alpha value is -1.70. The second-order valence-electron chi connectivity index (χ2n) is 3.04. The van der Waals surface area contributed by atoms with Crippen LogP contribution in [0, 0.1) is 0 Å². The van der Waals surface area contributed by atoms with E-state index in [-0.39, 0.29) is 11.6 Å². The molecule has 100 valence electrons. The lowest BCUT2D eigenvalue weighted by atomic mass is 10.2. The van der Waals surface area contributed by atoms with Gasteiger partial charge in [0.15, 0.2) is 11.3 Å². The van der Waals surface area contributed by atoms with E-state index < -0.39 is 29.2 Å². The molecule has 0 bridgehead atoms. The maximum absolute atomic E-state index is 12.1. The molecular formula is C9H7ClF3NO4. The van der Waals surface area contributed by atoms with Gasteiger partial charge in [-0.15, -0.1) is 24.8 Å². The number of nitrogens with one attached hydrogen (secondary N) is 1. The Morgan fingerprint density at radius 2 is 2.11 bits per heavy atom. The Kier molecular flexibility index (Phi) is 4.23. The van der Waals surface area contributed by atoms with Crippen LogP contribution in [0.2, 0.25) is 0 Å². The molecular weight excluding hydrogens is 279 g/mol. The first-order chi connectivity index (χ1) is 8.28. The average molecular weight is 286 g/mol. The first kappa shape index (κ1) is 14.4. The molecule has 0 fully saturated rings. The Bertz CT molecular complexity index is 512. The number of carbonyl (C=O) groups is 1. The summed E-state index contributed by atoms with van der Waals surface area (Å²) in [4.78, 5) is 24.8. The molecule has 0 saturated heterocycles. The van der Waals surface area contributed by atoms with E-state index in [1.54, 1.807) is 0 Å². The molecule has 1 heterocycles. The van der Waals surface area contributed by atoms with Crippen LogP contribution in [0.3, 0.4) is 0 Å². The largest absolute Gasteiger partial charge is 0.573 e. The molecule has 0 aromatic carbocycles. The molecule has 1 aromatic heterocycles. The molecule has 0 spiro atoms. The summed E-state index contributed by atoms with van der Waals surface area (Å²) in [6.07, 6.45) is -5.04. The van der Waals surface area contributed by atoms with Gasteiger partial charge in [0.05, 0.1) is 13.0 Å². The summed E-state index contributed by atoms with van der Waals surface area (Å²) in [5, 5.41) is 0. The maximum atomic E-state index is 12.1. The van der Waals surface area contributed by atoms with Crippen molar-refractivity contribution in [2.24, 2.45) is 0 Å². The molecule has 1 N–H and O–H groups in total. The number of pyridine rings is 1. The highest BCUT2D eigenvalue weighted by Gasteiger charge is 2.34. The van der Waals surface area contributed by atoms with Crippen LogP contribution >= 0.6 is 11.6 Å². The van der Waals surface area contributed by atoms with Crippen LogP contribution in [0.15, 0.2) is 10.9 Å². The number of methoxy groups -OCH3 is 1. The quantitative estimate of drug-likeness (QED) is 0.679. The van der Waals surface area contributed by atoms with Crippen LogP contribution in [0.25, 0.3) is 0 Å². The number of alkyl halides is 4. The van der Waals surface area contributed by atoms with Gasteiger partial charge < -0.3 is 14.5 Å². The summed E-state index contributed by atoms with van der Waals surface area (Å²) in [5.41, 5.74) is -1.96. The zero-order valence-electron chi connectivity index (χ0n) is 8.93. The monoisotopic (exact) mass is 285 g/mol. The molecule has 0 unspecified atom stereocenters. The summed E-state index contributed by atoms with van der Waals surface area (Å²) in [5.74, 6) is -2.43. The molecule has 0 aliphatic heterocycles. The van der Waals surface area contributed by atoms with E-state index in [4.69, 9.17) is 11.6 Å². The normalized spacial score (nSPS) is 11.2. The number of rotatable bonds is 3. The number of H-pyrrole nitrogens is 1. The van der Waals surface area contributed by atoms with Crippen LogP contribution in [0.1, 0.15) is 16.1 Å². The standard InChI is InChI=1S/C9H7ClF3NO4/c1-17-8(16)6-5(18-9(11,12)13)2-4(3-10)14-7(6)15/h2H,3H2,1H3,(H,14,15). The lowest BCUT2D eigenvalue weighted by molar-refractivity contribution is -0.274. The zero-order chi connectivity index (χ0) is 13.9. The van der Waals surface area contributed by atoms with Gasteiger partial charge in [-0.25, -0.2) is 4.79 Å². The van der Waals surface area contributed by atoms with E-state index >= 15 is 0 Å². The van der Waals surface area contributed by atoms with Crippen molar-refractivity contribution in [1.29, 1.82) is 0 Å². The summed E-state index contributed by atoms with van der Waals surface area (Å²) < 4.78 is 44.2. The molecule has 0 aliphatic rings. The second kappa shape index (κ2) is 5.30. The van der Waals surface area contributed by atoms with Crippen molar-refractivity contribution in [1.82, 2.24) is 4.98 Å². The molecule has 0 aliphatic carbocycles. The maximum Gasteiger partial charge on any atom is 0.573 e. The molecule has 9 heteroatoms. The van der Waals surface area contributed by atoms with Crippen molar-refractivity contribution in [2.75, 3.05) is 7.11 Å². The van der Waals surface area contributed by atoms with Crippen molar-refractivity contribution in [3.05, 3.63) is 27.7 Å². The third-order valence-corrected chi connectivity index (χ3v) is 2.10. The van der Waals surface area contributed by atoms with Crippen molar-refractivity contribution < 1.29 is 27.4 Å². The predicted molar refractivity (Wildman–Crippen MR) is 54.6 cm³/mol. The first-order valence-electron chi connectivity index (χ1n) is 4.44.